The van der Waals surface area contributed by atoms with Crippen LogP contribution in [0.15, 0.2) is 65.2 Å². The minimum Gasteiger partial charge on any atom is -0.489 e. The van der Waals surface area contributed by atoms with Crippen molar-refractivity contribution >= 4 is 29.2 Å². The summed E-state index contributed by atoms with van der Waals surface area (Å²) < 4.78 is 22.6. The van der Waals surface area contributed by atoms with Crippen LogP contribution in [0.2, 0.25) is 10.0 Å². The maximum Gasteiger partial charge on any atom is 0.337 e. The molecule has 1 heterocycles. The van der Waals surface area contributed by atoms with Gasteiger partial charge in [-0.15, -0.1) is 0 Å². The topological polar surface area (TPSA) is 70.8 Å². The highest BCUT2D eigenvalue weighted by Crippen LogP contribution is 2.39. The van der Waals surface area contributed by atoms with E-state index in [1.165, 1.54) is 7.11 Å². The lowest BCUT2D eigenvalue weighted by atomic mass is 10.0. The standard InChI is InChI=1S/C29H27Cl2NO5/c1-17(2)28-22(27(32-37-28)26-23(30)9-6-10-24(26)31)16-35-21-11-12-25(18(3)13-21)36-15-19-7-5-8-20(14-19)29(33)34-4/h5-14,17H,15-16H2,1-4H3. The molecule has 0 atom stereocenters. The number of esters is 1. The monoisotopic (exact) mass is 539 g/mol. The zero-order valence-corrected chi connectivity index (χ0v) is 22.5. The van der Waals surface area contributed by atoms with E-state index in [2.05, 4.69) is 5.16 Å². The zero-order valence-electron chi connectivity index (χ0n) is 21.0. The van der Waals surface area contributed by atoms with E-state index in [-0.39, 0.29) is 18.5 Å². The lowest BCUT2D eigenvalue weighted by molar-refractivity contribution is 0.0600. The summed E-state index contributed by atoms with van der Waals surface area (Å²) in [7, 11) is 1.36. The van der Waals surface area contributed by atoms with Crippen molar-refractivity contribution in [3.8, 4) is 22.8 Å². The predicted molar refractivity (Wildman–Crippen MR) is 144 cm³/mol. The van der Waals surface area contributed by atoms with Crippen molar-refractivity contribution in [2.75, 3.05) is 7.11 Å². The van der Waals surface area contributed by atoms with Gasteiger partial charge in [0.15, 0.2) is 0 Å². The summed E-state index contributed by atoms with van der Waals surface area (Å²) >= 11 is 12.9. The molecule has 0 saturated carbocycles. The molecule has 8 heteroatoms. The van der Waals surface area contributed by atoms with Crippen LogP contribution in [-0.2, 0) is 18.0 Å². The molecule has 0 radical (unpaired) electrons. The highest BCUT2D eigenvalue weighted by atomic mass is 35.5. The molecule has 0 spiro atoms. The van der Waals surface area contributed by atoms with E-state index in [9.17, 15) is 4.79 Å². The van der Waals surface area contributed by atoms with Crippen LogP contribution in [0.5, 0.6) is 11.5 Å². The van der Waals surface area contributed by atoms with Crippen LogP contribution < -0.4 is 9.47 Å². The second kappa shape index (κ2) is 11.7. The number of halogens is 2. The molecule has 37 heavy (non-hydrogen) atoms. The average molecular weight is 540 g/mol. The number of rotatable bonds is 9. The summed E-state index contributed by atoms with van der Waals surface area (Å²) in [5, 5.41) is 5.26. The third-order valence-electron chi connectivity index (χ3n) is 5.81. The average Bonchev–Trinajstić information content (AvgIpc) is 3.30. The van der Waals surface area contributed by atoms with Crippen molar-refractivity contribution in [2.24, 2.45) is 0 Å². The van der Waals surface area contributed by atoms with Gasteiger partial charge in [-0.1, -0.05) is 60.4 Å². The second-order valence-electron chi connectivity index (χ2n) is 8.82. The van der Waals surface area contributed by atoms with Gasteiger partial charge in [0.1, 0.15) is 36.2 Å². The molecule has 4 aromatic rings. The molecule has 0 aliphatic rings. The fraction of sp³-hybridized carbons (Fsp3) is 0.241. The molecular weight excluding hydrogens is 513 g/mol. The Balaban J connectivity index is 1.49. The summed E-state index contributed by atoms with van der Waals surface area (Å²) in [6, 6.07) is 18.1. The Morgan fingerprint density at radius 3 is 2.38 bits per heavy atom. The molecule has 0 aliphatic carbocycles. The Bertz CT molecular complexity index is 1390. The van der Waals surface area contributed by atoms with E-state index in [1.54, 1.807) is 36.4 Å². The van der Waals surface area contributed by atoms with Gasteiger partial charge in [0.25, 0.3) is 0 Å². The molecular formula is C29H27Cl2NO5. The number of aryl methyl sites for hydroxylation is 1. The van der Waals surface area contributed by atoms with Gasteiger partial charge in [-0.3, -0.25) is 0 Å². The molecule has 0 aliphatic heterocycles. The quantitative estimate of drug-likeness (QED) is 0.200. The third-order valence-corrected chi connectivity index (χ3v) is 6.44. The SMILES string of the molecule is COC(=O)c1cccc(COc2ccc(OCc3c(-c4c(Cl)cccc4Cl)noc3C(C)C)cc2C)c1. The summed E-state index contributed by atoms with van der Waals surface area (Å²) in [6.45, 7) is 6.54. The number of hydrogen-bond donors (Lipinski definition) is 0. The van der Waals surface area contributed by atoms with Crippen molar-refractivity contribution in [1.29, 1.82) is 0 Å². The molecule has 0 N–H and O–H groups in total. The number of carbonyl (C=O) groups excluding carboxylic acids is 1. The van der Waals surface area contributed by atoms with Crippen LogP contribution in [0, 0.1) is 6.92 Å². The lowest BCUT2D eigenvalue weighted by Gasteiger charge is -2.13. The Morgan fingerprint density at radius 1 is 0.973 bits per heavy atom. The highest BCUT2D eigenvalue weighted by molar-refractivity contribution is 6.39. The van der Waals surface area contributed by atoms with Crippen molar-refractivity contribution in [2.45, 2.75) is 39.9 Å². The number of carbonyl (C=O) groups is 1. The Hall–Kier alpha value is -3.48. The first kappa shape index (κ1) is 26.6. The van der Waals surface area contributed by atoms with Crippen LogP contribution in [0.25, 0.3) is 11.3 Å². The summed E-state index contributed by atoms with van der Waals surface area (Å²) in [4.78, 5) is 11.8. The van der Waals surface area contributed by atoms with Crippen LogP contribution in [0.4, 0.5) is 0 Å². The van der Waals surface area contributed by atoms with Crippen LogP contribution in [0.3, 0.4) is 0 Å². The summed E-state index contributed by atoms with van der Waals surface area (Å²) in [5.74, 6) is 1.82. The van der Waals surface area contributed by atoms with Gasteiger partial charge in [0.2, 0.25) is 0 Å². The molecule has 192 valence electrons. The molecule has 1 aromatic heterocycles. The van der Waals surface area contributed by atoms with E-state index in [0.29, 0.717) is 45.0 Å². The van der Waals surface area contributed by atoms with Crippen molar-refractivity contribution in [3.63, 3.8) is 0 Å². The van der Waals surface area contributed by atoms with Gasteiger partial charge < -0.3 is 18.7 Å². The van der Waals surface area contributed by atoms with Gasteiger partial charge in [-0.05, 0) is 60.5 Å². The van der Waals surface area contributed by atoms with Crippen LogP contribution in [0.1, 0.15) is 52.6 Å². The van der Waals surface area contributed by atoms with Gasteiger partial charge in [-0.2, -0.15) is 0 Å². The normalized spacial score (nSPS) is 11.0. The Labute approximate surface area is 226 Å². The molecule has 6 nitrogen and oxygen atoms in total. The van der Waals surface area contributed by atoms with Crippen molar-refractivity contribution < 1.29 is 23.5 Å². The number of aromatic nitrogens is 1. The maximum absolute atomic E-state index is 11.8. The smallest absolute Gasteiger partial charge is 0.337 e. The van der Waals surface area contributed by atoms with E-state index in [0.717, 1.165) is 22.5 Å². The summed E-state index contributed by atoms with van der Waals surface area (Å²) in [6.07, 6.45) is 0. The van der Waals surface area contributed by atoms with E-state index < -0.39 is 0 Å². The third kappa shape index (κ3) is 6.09. The first-order valence-electron chi connectivity index (χ1n) is 11.7. The van der Waals surface area contributed by atoms with Crippen LogP contribution in [-0.4, -0.2) is 18.2 Å². The first-order chi connectivity index (χ1) is 17.8. The van der Waals surface area contributed by atoms with E-state index in [4.69, 9.17) is 41.9 Å². The lowest BCUT2D eigenvalue weighted by Crippen LogP contribution is -2.04. The van der Waals surface area contributed by atoms with Crippen molar-refractivity contribution in [3.05, 3.63) is 98.7 Å². The van der Waals surface area contributed by atoms with Gasteiger partial charge in [0, 0.05) is 11.5 Å². The highest BCUT2D eigenvalue weighted by Gasteiger charge is 2.24. The van der Waals surface area contributed by atoms with Crippen molar-refractivity contribution in [1.82, 2.24) is 5.16 Å². The van der Waals surface area contributed by atoms with Crippen LogP contribution >= 0.6 is 23.2 Å². The Kier molecular flexibility index (Phi) is 8.41. The first-order valence-corrected chi connectivity index (χ1v) is 12.5. The number of benzene rings is 3. The molecule has 0 amide bonds. The minimum absolute atomic E-state index is 0.0938. The molecule has 0 fully saturated rings. The van der Waals surface area contributed by atoms with E-state index in [1.807, 2.05) is 45.0 Å². The largest absolute Gasteiger partial charge is 0.489 e. The molecule has 0 saturated heterocycles. The van der Waals surface area contributed by atoms with E-state index >= 15 is 0 Å². The molecule has 0 bridgehead atoms. The van der Waals surface area contributed by atoms with Gasteiger partial charge in [0.05, 0.1) is 28.3 Å². The zero-order chi connectivity index (χ0) is 26.5. The fourth-order valence-electron chi connectivity index (χ4n) is 3.93. The molecule has 0 unspecified atom stereocenters. The predicted octanol–water partition coefficient (Wildman–Crippen LogP) is 8.02. The summed E-state index contributed by atoms with van der Waals surface area (Å²) in [5.41, 5.74) is 4.25. The maximum atomic E-state index is 11.8. The van der Waals surface area contributed by atoms with Gasteiger partial charge >= 0.3 is 5.97 Å². The number of ether oxygens (including phenoxy) is 3. The Morgan fingerprint density at radius 2 is 1.70 bits per heavy atom. The number of nitrogens with zero attached hydrogens (tertiary/aromatic N) is 1. The van der Waals surface area contributed by atoms with Gasteiger partial charge in [-0.25, -0.2) is 4.79 Å². The number of hydrogen-bond acceptors (Lipinski definition) is 6. The molecule has 3 aromatic carbocycles. The molecule has 4 rings (SSSR count). The second-order valence-corrected chi connectivity index (χ2v) is 9.64. The fourth-order valence-corrected chi connectivity index (χ4v) is 4.51. The number of methoxy groups -OCH3 is 1. The minimum atomic E-state index is -0.382.